The Hall–Kier alpha value is -2.72. The monoisotopic (exact) mass is 314 g/mol. The van der Waals surface area contributed by atoms with E-state index in [-0.39, 0.29) is 24.1 Å². The lowest BCUT2D eigenvalue weighted by Crippen LogP contribution is -2.37. The molecule has 1 aliphatic rings. The number of hydrogen-bond acceptors (Lipinski definition) is 5. The largest absolute Gasteiger partial charge is 0.327 e. The van der Waals surface area contributed by atoms with Crippen LogP contribution in [0.3, 0.4) is 0 Å². The number of nitrogens with two attached hydrogens (primary N) is 1. The molecular weight excluding hydrogens is 296 g/mol. The Kier molecular flexibility index (Phi) is 5.44. The van der Waals surface area contributed by atoms with E-state index in [1.165, 1.54) is 6.07 Å². The van der Waals surface area contributed by atoms with Crippen LogP contribution in [0.1, 0.15) is 24.8 Å². The van der Waals surface area contributed by atoms with Crippen LogP contribution in [0.4, 0.5) is 5.69 Å². The first-order chi connectivity index (χ1) is 11.0. The van der Waals surface area contributed by atoms with Crippen LogP contribution in [0.2, 0.25) is 0 Å². The Morgan fingerprint density at radius 1 is 1.57 bits per heavy atom. The van der Waals surface area contributed by atoms with E-state index in [9.17, 15) is 14.9 Å². The minimum atomic E-state index is -0.553. The second-order valence-corrected chi connectivity index (χ2v) is 5.42. The minimum absolute atomic E-state index is 0.00800. The molecule has 2 atom stereocenters. The summed E-state index contributed by atoms with van der Waals surface area (Å²) >= 11 is 0. The highest BCUT2D eigenvalue weighted by molar-refractivity contribution is 5.78. The summed E-state index contributed by atoms with van der Waals surface area (Å²) in [6, 6.07) is 7.52. The van der Waals surface area contributed by atoms with Gasteiger partial charge in [-0.25, -0.2) is 0 Å². The highest BCUT2D eigenvalue weighted by Gasteiger charge is 2.28. The van der Waals surface area contributed by atoms with Crippen LogP contribution in [0.5, 0.6) is 0 Å². The van der Waals surface area contributed by atoms with Gasteiger partial charge >= 0.3 is 0 Å². The number of nitriles is 1. The number of hydrogen-bond donors (Lipinski definition) is 1. The molecule has 2 rings (SSSR count). The summed E-state index contributed by atoms with van der Waals surface area (Å²) in [6.07, 6.45) is 4.74. The van der Waals surface area contributed by atoms with Crippen LogP contribution in [0, 0.1) is 21.4 Å². The molecule has 7 heteroatoms. The number of nitro benzene ring substituents is 1. The van der Waals surface area contributed by atoms with Gasteiger partial charge in [0.2, 0.25) is 5.91 Å². The van der Waals surface area contributed by atoms with E-state index in [1.807, 2.05) is 0 Å². The van der Waals surface area contributed by atoms with Crippen LogP contribution in [0.25, 0.3) is 6.08 Å². The third kappa shape index (κ3) is 4.14. The molecule has 0 aliphatic carbocycles. The van der Waals surface area contributed by atoms with E-state index in [4.69, 9.17) is 11.0 Å². The number of rotatable bonds is 5. The second kappa shape index (κ2) is 7.51. The summed E-state index contributed by atoms with van der Waals surface area (Å²) in [4.78, 5) is 24.2. The van der Waals surface area contributed by atoms with Gasteiger partial charge in [0, 0.05) is 25.1 Å². The van der Waals surface area contributed by atoms with Gasteiger partial charge in [-0.1, -0.05) is 24.3 Å². The molecule has 0 aromatic heterocycles. The number of para-hydroxylation sites is 1. The predicted octanol–water partition coefficient (Wildman–Crippen LogP) is 1.84. The molecule has 0 bridgehead atoms. The summed E-state index contributed by atoms with van der Waals surface area (Å²) < 4.78 is 0. The zero-order valence-corrected chi connectivity index (χ0v) is 12.6. The molecule has 1 fully saturated rings. The molecule has 1 amide bonds. The SMILES string of the molecule is N#C[C@@H]1CCCN1C(=O)CC(N)/C=C/c1ccccc1[N+](=O)[O-]. The Bertz CT molecular complexity index is 666. The van der Waals surface area contributed by atoms with Crippen LogP contribution < -0.4 is 5.73 Å². The van der Waals surface area contributed by atoms with E-state index in [2.05, 4.69) is 6.07 Å². The third-order valence-corrected chi connectivity index (χ3v) is 3.79. The maximum atomic E-state index is 12.2. The predicted molar refractivity (Wildman–Crippen MR) is 85.1 cm³/mol. The first-order valence-corrected chi connectivity index (χ1v) is 7.39. The quantitative estimate of drug-likeness (QED) is 0.658. The molecule has 120 valence electrons. The molecule has 23 heavy (non-hydrogen) atoms. The number of nitrogens with zero attached hydrogens (tertiary/aromatic N) is 3. The average molecular weight is 314 g/mol. The summed E-state index contributed by atoms with van der Waals surface area (Å²) in [5, 5.41) is 19.9. The van der Waals surface area contributed by atoms with Crippen molar-refractivity contribution >= 4 is 17.7 Å². The van der Waals surface area contributed by atoms with Gasteiger partial charge in [0.05, 0.1) is 16.6 Å². The van der Waals surface area contributed by atoms with Crippen molar-refractivity contribution in [1.82, 2.24) is 4.90 Å². The summed E-state index contributed by atoms with van der Waals surface area (Å²) in [6.45, 7) is 0.581. The van der Waals surface area contributed by atoms with E-state index in [0.29, 0.717) is 18.5 Å². The zero-order chi connectivity index (χ0) is 16.8. The van der Waals surface area contributed by atoms with Crippen LogP contribution >= 0.6 is 0 Å². The van der Waals surface area contributed by atoms with Gasteiger partial charge in [-0.05, 0) is 18.9 Å². The van der Waals surface area contributed by atoms with E-state index in [0.717, 1.165) is 6.42 Å². The molecule has 2 N–H and O–H groups in total. The maximum absolute atomic E-state index is 12.2. The lowest BCUT2D eigenvalue weighted by atomic mass is 10.1. The Balaban J connectivity index is 2.00. The molecule has 1 aromatic rings. The molecule has 1 heterocycles. The van der Waals surface area contributed by atoms with Gasteiger partial charge in [0.15, 0.2) is 0 Å². The summed E-state index contributed by atoms with van der Waals surface area (Å²) in [5.74, 6) is -0.159. The van der Waals surface area contributed by atoms with Crippen LogP contribution in [-0.2, 0) is 4.79 Å². The van der Waals surface area contributed by atoms with Crippen molar-refractivity contribution in [1.29, 1.82) is 5.26 Å². The summed E-state index contributed by atoms with van der Waals surface area (Å²) in [7, 11) is 0. The molecule has 1 unspecified atom stereocenters. The van der Waals surface area contributed by atoms with Gasteiger partial charge < -0.3 is 10.6 Å². The topological polar surface area (TPSA) is 113 Å². The first kappa shape index (κ1) is 16.6. The Morgan fingerprint density at radius 2 is 2.30 bits per heavy atom. The molecule has 0 spiro atoms. The van der Waals surface area contributed by atoms with Gasteiger partial charge in [0.1, 0.15) is 6.04 Å². The van der Waals surface area contributed by atoms with Crippen LogP contribution in [-0.4, -0.2) is 34.4 Å². The normalized spacial score (nSPS) is 18.8. The number of likely N-dealkylation sites (tertiary alicyclic amines) is 1. The maximum Gasteiger partial charge on any atom is 0.276 e. The van der Waals surface area contributed by atoms with Crippen molar-refractivity contribution < 1.29 is 9.72 Å². The molecule has 0 radical (unpaired) electrons. The fraction of sp³-hybridized carbons (Fsp3) is 0.375. The first-order valence-electron chi connectivity index (χ1n) is 7.39. The second-order valence-electron chi connectivity index (χ2n) is 5.42. The lowest BCUT2D eigenvalue weighted by molar-refractivity contribution is -0.385. The lowest BCUT2D eigenvalue weighted by Gasteiger charge is -2.20. The summed E-state index contributed by atoms with van der Waals surface area (Å²) in [5.41, 5.74) is 6.35. The van der Waals surface area contributed by atoms with Gasteiger partial charge in [-0.2, -0.15) is 5.26 Å². The van der Waals surface area contributed by atoms with E-state index >= 15 is 0 Å². The van der Waals surface area contributed by atoms with Crippen molar-refractivity contribution in [3.05, 3.63) is 46.0 Å². The number of amides is 1. The number of carbonyl (C=O) groups is 1. The Morgan fingerprint density at radius 3 is 3.00 bits per heavy atom. The van der Waals surface area contributed by atoms with Crippen molar-refractivity contribution in [3.8, 4) is 6.07 Å². The molecule has 1 aromatic carbocycles. The van der Waals surface area contributed by atoms with Crippen LogP contribution in [0.15, 0.2) is 30.3 Å². The number of benzene rings is 1. The van der Waals surface area contributed by atoms with Crippen molar-refractivity contribution in [2.75, 3.05) is 6.54 Å². The van der Waals surface area contributed by atoms with E-state index in [1.54, 1.807) is 35.3 Å². The Labute approximate surface area is 134 Å². The number of carbonyl (C=O) groups excluding carboxylic acids is 1. The van der Waals surface area contributed by atoms with Crippen molar-refractivity contribution in [2.24, 2.45) is 5.73 Å². The zero-order valence-electron chi connectivity index (χ0n) is 12.6. The smallest absolute Gasteiger partial charge is 0.276 e. The fourth-order valence-corrected chi connectivity index (χ4v) is 2.61. The van der Waals surface area contributed by atoms with Crippen molar-refractivity contribution in [2.45, 2.75) is 31.3 Å². The average Bonchev–Trinajstić information content (AvgIpc) is 3.01. The fourth-order valence-electron chi connectivity index (χ4n) is 2.61. The highest BCUT2D eigenvalue weighted by Crippen LogP contribution is 2.20. The van der Waals surface area contributed by atoms with E-state index < -0.39 is 11.0 Å². The molecule has 7 nitrogen and oxygen atoms in total. The standard InChI is InChI=1S/C16H18N4O3/c17-11-14-5-3-9-19(14)16(21)10-13(18)8-7-12-4-1-2-6-15(12)20(22)23/h1-2,4,6-8,13-14H,3,5,9-10,18H2/b8-7+/t13?,14-/m0/s1. The third-order valence-electron chi connectivity index (χ3n) is 3.79. The molecule has 0 saturated carbocycles. The van der Waals surface area contributed by atoms with Gasteiger partial charge in [-0.15, -0.1) is 0 Å². The highest BCUT2D eigenvalue weighted by atomic mass is 16.6. The van der Waals surface area contributed by atoms with Gasteiger partial charge in [0.25, 0.3) is 5.69 Å². The molecule has 1 aliphatic heterocycles. The molecule has 1 saturated heterocycles. The minimum Gasteiger partial charge on any atom is -0.327 e. The number of nitro groups is 1. The van der Waals surface area contributed by atoms with Gasteiger partial charge in [-0.3, -0.25) is 14.9 Å². The van der Waals surface area contributed by atoms with Crippen molar-refractivity contribution in [3.63, 3.8) is 0 Å². The molecular formula is C16H18N4O3.